The molecule has 0 spiro atoms. The Hall–Kier alpha value is -0.380. The Morgan fingerprint density at radius 2 is 1.76 bits per heavy atom. The number of sulfonamides is 1. The lowest BCUT2D eigenvalue weighted by atomic mass is 10.3. The molecule has 0 atom stereocenters. The average Bonchev–Trinajstić information content (AvgIpc) is 2.42. The van der Waals surface area contributed by atoms with Crippen LogP contribution in [0.4, 0.5) is 5.69 Å². The number of methoxy groups -OCH3 is 2. The first kappa shape index (κ1) is 18.7. The summed E-state index contributed by atoms with van der Waals surface area (Å²) in [7, 11) is -0.743. The molecule has 1 aromatic rings. The van der Waals surface area contributed by atoms with Crippen molar-refractivity contribution in [2.45, 2.75) is 4.90 Å². The molecule has 1 aromatic carbocycles. The van der Waals surface area contributed by atoms with Gasteiger partial charge in [-0.2, -0.15) is 4.31 Å². The second-order valence-electron chi connectivity index (χ2n) is 4.20. The highest BCUT2D eigenvalue weighted by molar-refractivity contribution is 9.10. The summed E-state index contributed by atoms with van der Waals surface area (Å²) >= 11 is 9.11. The number of nitrogens with two attached hydrogens (primary N) is 1. The standard InChI is InChI=1S/C12H18BrClN2O4S/c1-19-5-3-16(4-6-20-2)21(17,18)11-8-9(14)7-10(15)12(11)13/h7-8H,3-6,15H2,1-2H3. The zero-order valence-corrected chi connectivity index (χ0v) is 15.0. The lowest BCUT2D eigenvalue weighted by Crippen LogP contribution is -2.36. The fourth-order valence-corrected chi connectivity index (χ4v) is 4.31. The van der Waals surface area contributed by atoms with E-state index in [1.165, 1.54) is 30.7 Å². The average molecular weight is 402 g/mol. The van der Waals surface area contributed by atoms with Gasteiger partial charge < -0.3 is 15.2 Å². The van der Waals surface area contributed by atoms with Gasteiger partial charge in [0.15, 0.2) is 0 Å². The van der Waals surface area contributed by atoms with Gasteiger partial charge in [-0.1, -0.05) is 11.6 Å². The third kappa shape index (κ3) is 4.80. The van der Waals surface area contributed by atoms with Crippen LogP contribution in [-0.2, 0) is 19.5 Å². The summed E-state index contributed by atoms with van der Waals surface area (Å²) in [5, 5.41) is 0.257. The molecule has 0 aliphatic heterocycles. The smallest absolute Gasteiger partial charge is 0.244 e. The number of ether oxygens (including phenoxy) is 2. The van der Waals surface area contributed by atoms with E-state index in [4.69, 9.17) is 26.8 Å². The van der Waals surface area contributed by atoms with Crippen LogP contribution in [0.15, 0.2) is 21.5 Å². The van der Waals surface area contributed by atoms with Gasteiger partial charge in [0.05, 0.1) is 22.6 Å². The van der Waals surface area contributed by atoms with Crippen molar-refractivity contribution >= 4 is 43.2 Å². The lowest BCUT2D eigenvalue weighted by Gasteiger charge is -2.22. The van der Waals surface area contributed by atoms with Gasteiger partial charge in [-0.3, -0.25) is 0 Å². The molecule has 9 heteroatoms. The lowest BCUT2D eigenvalue weighted by molar-refractivity contribution is 0.150. The highest BCUT2D eigenvalue weighted by Crippen LogP contribution is 2.33. The molecule has 0 fully saturated rings. The predicted molar refractivity (Wildman–Crippen MR) is 86.1 cm³/mol. The first-order valence-corrected chi connectivity index (χ1v) is 8.68. The van der Waals surface area contributed by atoms with Gasteiger partial charge >= 0.3 is 0 Å². The van der Waals surface area contributed by atoms with Gasteiger partial charge in [-0.25, -0.2) is 8.42 Å². The molecule has 1 rings (SSSR count). The van der Waals surface area contributed by atoms with E-state index < -0.39 is 10.0 Å². The number of anilines is 1. The van der Waals surface area contributed by atoms with Gasteiger partial charge in [0.2, 0.25) is 10.0 Å². The van der Waals surface area contributed by atoms with E-state index in [1.807, 2.05) is 0 Å². The minimum atomic E-state index is -3.76. The van der Waals surface area contributed by atoms with E-state index in [0.29, 0.717) is 4.47 Å². The molecule has 0 unspecified atom stereocenters. The molecule has 0 aliphatic rings. The molecule has 120 valence electrons. The number of nitrogen functional groups attached to an aromatic ring is 1. The highest BCUT2D eigenvalue weighted by atomic mass is 79.9. The van der Waals surface area contributed by atoms with Crippen LogP contribution in [0, 0.1) is 0 Å². The number of halogens is 2. The van der Waals surface area contributed by atoms with Gasteiger partial charge in [0.25, 0.3) is 0 Å². The number of benzene rings is 1. The van der Waals surface area contributed by atoms with E-state index in [2.05, 4.69) is 15.9 Å². The molecule has 0 radical (unpaired) electrons. The first-order chi connectivity index (χ1) is 9.84. The van der Waals surface area contributed by atoms with Crippen molar-refractivity contribution in [2.75, 3.05) is 46.3 Å². The Morgan fingerprint density at radius 3 is 2.24 bits per heavy atom. The van der Waals surface area contributed by atoms with Crippen molar-refractivity contribution in [3.05, 3.63) is 21.6 Å². The summed E-state index contributed by atoms with van der Waals surface area (Å²) < 4.78 is 37.0. The van der Waals surface area contributed by atoms with E-state index in [-0.39, 0.29) is 41.9 Å². The largest absolute Gasteiger partial charge is 0.398 e. The molecule has 21 heavy (non-hydrogen) atoms. The zero-order chi connectivity index (χ0) is 16.0. The molecule has 0 aromatic heterocycles. The SMILES string of the molecule is COCCN(CCOC)S(=O)(=O)c1cc(Cl)cc(N)c1Br. The molecular weight excluding hydrogens is 384 g/mol. The van der Waals surface area contributed by atoms with Crippen molar-refractivity contribution in [1.82, 2.24) is 4.31 Å². The topological polar surface area (TPSA) is 81.9 Å². The Balaban J connectivity index is 3.21. The number of hydrogen-bond donors (Lipinski definition) is 1. The second kappa shape index (κ2) is 8.30. The fourth-order valence-electron chi connectivity index (χ4n) is 1.65. The molecule has 0 saturated carbocycles. The molecule has 0 saturated heterocycles. The number of rotatable bonds is 8. The van der Waals surface area contributed by atoms with Crippen molar-refractivity contribution in [3.63, 3.8) is 0 Å². The summed E-state index contributed by atoms with van der Waals surface area (Å²) in [6, 6.07) is 2.85. The summed E-state index contributed by atoms with van der Waals surface area (Å²) in [5.41, 5.74) is 6.02. The maximum absolute atomic E-state index is 12.7. The Labute approximate surface area is 138 Å². The minimum Gasteiger partial charge on any atom is -0.398 e. The monoisotopic (exact) mass is 400 g/mol. The van der Waals surface area contributed by atoms with Crippen molar-refractivity contribution in [3.8, 4) is 0 Å². The van der Waals surface area contributed by atoms with E-state index >= 15 is 0 Å². The molecule has 0 bridgehead atoms. The van der Waals surface area contributed by atoms with Crippen LogP contribution in [0.1, 0.15) is 0 Å². The van der Waals surface area contributed by atoms with Crippen LogP contribution in [0.2, 0.25) is 5.02 Å². The molecular formula is C12H18BrClN2O4S. The summed E-state index contributed by atoms with van der Waals surface area (Å²) in [4.78, 5) is 0.0275. The molecule has 0 heterocycles. The summed E-state index contributed by atoms with van der Waals surface area (Å²) in [6.07, 6.45) is 0. The van der Waals surface area contributed by atoms with Crippen LogP contribution >= 0.6 is 27.5 Å². The molecule has 0 aliphatic carbocycles. The van der Waals surface area contributed by atoms with Crippen LogP contribution in [0.5, 0.6) is 0 Å². The second-order valence-corrected chi connectivity index (χ2v) is 7.33. The first-order valence-electron chi connectivity index (χ1n) is 6.07. The van der Waals surface area contributed by atoms with Gasteiger partial charge in [-0.05, 0) is 28.1 Å². The van der Waals surface area contributed by atoms with Crippen molar-refractivity contribution < 1.29 is 17.9 Å². The third-order valence-corrected chi connectivity index (χ3v) is 6.03. The number of nitrogens with zero attached hydrogens (tertiary/aromatic N) is 1. The van der Waals surface area contributed by atoms with E-state index in [9.17, 15) is 8.42 Å². The number of hydrogen-bond acceptors (Lipinski definition) is 5. The maximum atomic E-state index is 12.7. The Morgan fingerprint density at radius 1 is 1.24 bits per heavy atom. The Bertz CT molecular complexity index is 575. The molecule has 6 nitrogen and oxygen atoms in total. The van der Waals surface area contributed by atoms with Gasteiger partial charge in [-0.15, -0.1) is 0 Å². The van der Waals surface area contributed by atoms with Crippen LogP contribution < -0.4 is 5.73 Å². The third-order valence-electron chi connectivity index (χ3n) is 2.74. The summed E-state index contributed by atoms with van der Waals surface area (Å²) in [6.45, 7) is 0.968. The van der Waals surface area contributed by atoms with Crippen LogP contribution in [0.25, 0.3) is 0 Å². The van der Waals surface area contributed by atoms with Crippen LogP contribution in [0.3, 0.4) is 0 Å². The molecule has 0 amide bonds. The van der Waals surface area contributed by atoms with E-state index in [1.54, 1.807) is 0 Å². The molecule has 2 N–H and O–H groups in total. The normalized spacial score (nSPS) is 12.0. The van der Waals surface area contributed by atoms with Crippen LogP contribution in [-0.4, -0.2) is 53.2 Å². The quantitative estimate of drug-likeness (QED) is 0.674. The van der Waals surface area contributed by atoms with Gasteiger partial charge in [0.1, 0.15) is 0 Å². The van der Waals surface area contributed by atoms with Gasteiger partial charge in [0, 0.05) is 38.0 Å². The Kier molecular flexibility index (Phi) is 7.38. The zero-order valence-electron chi connectivity index (χ0n) is 11.8. The maximum Gasteiger partial charge on any atom is 0.244 e. The van der Waals surface area contributed by atoms with Crippen molar-refractivity contribution in [2.24, 2.45) is 0 Å². The highest BCUT2D eigenvalue weighted by Gasteiger charge is 2.27. The predicted octanol–water partition coefficient (Wildman–Crippen LogP) is 1.97. The van der Waals surface area contributed by atoms with Crippen molar-refractivity contribution in [1.29, 1.82) is 0 Å². The minimum absolute atomic E-state index is 0.0275. The summed E-state index contributed by atoms with van der Waals surface area (Å²) in [5.74, 6) is 0. The fraction of sp³-hybridized carbons (Fsp3) is 0.500. The van der Waals surface area contributed by atoms with E-state index in [0.717, 1.165) is 0 Å².